The second kappa shape index (κ2) is 4.97. The van der Waals surface area contributed by atoms with E-state index in [1.807, 2.05) is 12.3 Å². The minimum absolute atomic E-state index is 0.178. The SMILES string of the molecule is COc1ncc(Nc2ccc(F)c(C)c2)c2c1C1CCC2C1. The van der Waals surface area contributed by atoms with Crippen molar-refractivity contribution in [3.8, 4) is 5.88 Å². The van der Waals surface area contributed by atoms with Gasteiger partial charge in [-0.25, -0.2) is 9.37 Å². The van der Waals surface area contributed by atoms with E-state index in [1.165, 1.54) is 36.5 Å². The summed E-state index contributed by atoms with van der Waals surface area (Å²) in [4.78, 5) is 4.46. The summed E-state index contributed by atoms with van der Waals surface area (Å²) in [6.07, 6.45) is 5.52. The smallest absolute Gasteiger partial charge is 0.216 e. The predicted octanol–water partition coefficient (Wildman–Crippen LogP) is 4.65. The third-order valence-electron chi connectivity index (χ3n) is 5.00. The summed E-state index contributed by atoms with van der Waals surface area (Å²) in [6.45, 7) is 1.78. The van der Waals surface area contributed by atoms with Crippen LogP contribution in [0.25, 0.3) is 0 Å². The van der Waals surface area contributed by atoms with Crippen molar-refractivity contribution in [2.75, 3.05) is 12.4 Å². The van der Waals surface area contributed by atoms with Gasteiger partial charge in [0.1, 0.15) is 5.82 Å². The molecule has 1 saturated carbocycles. The van der Waals surface area contributed by atoms with Crippen LogP contribution in [0.1, 0.15) is 47.8 Å². The predicted molar refractivity (Wildman–Crippen MR) is 84.5 cm³/mol. The number of ether oxygens (including phenoxy) is 1. The topological polar surface area (TPSA) is 34.1 Å². The van der Waals surface area contributed by atoms with Crippen LogP contribution in [0.4, 0.5) is 15.8 Å². The molecule has 2 atom stereocenters. The molecule has 2 aliphatic carbocycles. The highest BCUT2D eigenvalue weighted by Gasteiger charge is 2.41. The van der Waals surface area contributed by atoms with E-state index < -0.39 is 0 Å². The number of hydrogen-bond donors (Lipinski definition) is 1. The van der Waals surface area contributed by atoms with Gasteiger partial charge in [-0.2, -0.15) is 0 Å². The van der Waals surface area contributed by atoms with Gasteiger partial charge in [-0.05, 0) is 67.3 Å². The number of aromatic nitrogens is 1. The molecule has 1 aromatic carbocycles. The van der Waals surface area contributed by atoms with Gasteiger partial charge in [0, 0.05) is 11.3 Å². The first-order chi connectivity index (χ1) is 10.7. The van der Waals surface area contributed by atoms with Crippen molar-refractivity contribution < 1.29 is 9.13 Å². The number of aryl methyl sites for hydroxylation is 1. The lowest BCUT2D eigenvalue weighted by molar-refractivity contribution is 0.388. The highest BCUT2D eigenvalue weighted by Crippen LogP contribution is 2.57. The molecule has 4 rings (SSSR count). The van der Waals surface area contributed by atoms with E-state index in [4.69, 9.17) is 4.74 Å². The largest absolute Gasteiger partial charge is 0.481 e. The van der Waals surface area contributed by atoms with Crippen LogP contribution in [-0.2, 0) is 0 Å². The van der Waals surface area contributed by atoms with E-state index in [0.29, 0.717) is 17.4 Å². The Morgan fingerprint density at radius 1 is 1.23 bits per heavy atom. The molecule has 0 aliphatic heterocycles. The van der Waals surface area contributed by atoms with Crippen molar-refractivity contribution in [1.82, 2.24) is 4.98 Å². The molecule has 2 bridgehead atoms. The second-order valence-corrected chi connectivity index (χ2v) is 6.30. The molecule has 3 nitrogen and oxygen atoms in total. The Labute approximate surface area is 129 Å². The third kappa shape index (κ3) is 1.97. The number of pyridine rings is 1. The monoisotopic (exact) mass is 298 g/mol. The summed E-state index contributed by atoms with van der Waals surface area (Å²) in [7, 11) is 1.69. The minimum Gasteiger partial charge on any atom is -0.481 e. The van der Waals surface area contributed by atoms with E-state index in [2.05, 4.69) is 10.3 Å². The Morgan fingerprint density at radius 2 is 2.00 bits per heavy atom. The molecule has 1 N–H and O–H groups in total. The van der Waals surface area contributed by atoms with Crippen LogP contribution < -0.4 is 10.1 Å². The number of methoxy groups -OCH3 is 1. The Kier molecular flexibility index (Phi) is 3.06. The molecule has 114 valence electrons. The fraction of sp³-hybridized carbons (Fsp3) is 0.389. The molecule has 0 spiro atoms. The molecule has 1 aromatic heterocycles. The van der Waals surface area contributed by atoms with Gasteiger partial charge in [0.2, 0.25) is 5.88 Å². The number of nitrogens with one attached hydrogen (secondary N) is 1. The van der Waals surface area contributed by atoms with Gasteiger partial charge in [-0.3, -0.25) is 0 Å². The summed E-state index contributed by atoms with van der Waals surface area (Å²) in [5, 5.41) is 3.42. The Morgan fingerprint density at radius 3 is 2.73 bits per heavy atom. The molecular formula is C18H19FN2O. The van der Waals surface area contributed by atoms with Gasteiger partial charge in [0.25, 0.3) is 0 Å². The van der Waals surface area contributed by atoms with Crippen LogP contribution in [0.5, 0.6) is 5.88 Å². The fourth-order valence-electron chi connectivity index (χ4n) is 4.00. The lowest BCUT2D eigenvalue weighted by Gasteiger charge is -2.21. The van der Waals surface area contributed by atoms with Crippen molar-refractivity contribution in [1.29, 1.82) is 0 Å². The van der Waals surface area contributed by atoms with Gasteiger partial charge in [-0.15, -0.1) is 0 Å². The van der Waals surface area contributed by atoms with Gasteiger partial charge in [0.15, 0.2) is 0 Å². The zero-order valence-electron chi connectivity index (χ0n) is 12.8. The molecule has 4 heteroatoms. The molecule has 0 amide bonds. The molecule has 1 heterocycles. The highest BCUT2D eigenvalue weighted by atomic mass is 19.1. The standard InChI is InChI=1S/C18H19FN2O/c1-10-7-13(5-6-14(10)19)21-15-9-20-18(22-2)17-12-4-3-11(8-12)16(15)17/h5-7,9,11-12,21H,3-4,8H2,1-2H3. The van der Waals surface area contributed by atoms with E-state index in [-0.39, 0.29) is 5.82 Å². The fourth-order valence-corrected chi connectivity index (χ4v) is 4.00. The number of anilines is 2. The van der Waals surface area contributed by atoms with Gasteiger partial charge in [0.05, 0.1) is 19.0 Å². The second-order valence-electron chi connectivity index (χ2n) is 6.30. The Bertz CT molecular complexity index is 744. The first-order valence-corrected chi connectivity index (χ1v) is 7.77. The molecule has 0 saturated heterocycles. The molecule has 2 unspecified atom stereocenters. The average molecular weight is 298 g/mol. The summed E-state index contributed by atoms with van der Waals surface area (Å²) < 4.78 is 18.9. The summed E-state index contributed by atoms with van der Waals surface area (Å²) in [5.74, 6) is 1.77. The summed E-state index contributed by atoms with van der Waals surface area (Å²) in [6, 6.07) is 5.10. The Balaban J connectivity index is 1.75. The number of rotatable bonds is 3. The molecule has 2 aromatic rings. The van der Waals surface area contributed by atoms with E-state index in [0.717, 1.165) is 17.3 Å². The number of nitrogens with zero attached hydrogens (tertiary/aromatic N) is 1. The van der Waals surface area contributed by atoms with Crippen LogP contribution in [0, 0.1) is 12.7 Å². The molecule has 22 heavy (non-hydrogen) atoms. The number of hydrogen-bond acceptors (Lipinski definition) is 3. The lowest BCUT2D eigenvalue weighted by Crippen LogP contribution is -2.07. The number of halogens is 1. The summed E-state index contributed by atoms with van der Waals surface area (Å²) >= 11 is 0. The first kappa shape index (κ1) is 13.6. The van der Waals surface area contributed by atoms with Crippen LogP contribution in [-0.4, -0.2) is 12.1 Å². The van der Waals surface area contributed by atoms with Crippen molar-refractivity contribution in [2.24, 2.45) is 0 Å². The van der Waals surface area contributed by atoms with Crippen LogP contribution >= 0.6 is 0 Å². The average Bonchev–Trinajstić information content (AvgIpc) is 3.13. The zero-order chi connectivity index (χ0) is 15.3. The van der Waals surface area contributed by atoms with Crippen LogP contribution in [0.3, 0.4) is 0 Å². The van der Waals surface area contributed by atoms with Gasteiger partial charge < -0.3 is 10.1 Å². The van der Waals surface area contributed by atoms with Crippen LogP contribution in [0.15, 0.2) is 24.4 Å². The van der Waals surface area contributed by atoms with Gasteiger partial charge in [-0.1, -0.05) is 0 Å². The van der Waals surface area contributed by atoms with E-state index in [9.17, 15) is 4.39 Å². The zero-order valence-corrected chi connectivity index (χ0v) is 12.8. The van der Waals surface area contributed by atoms with Crippen molar-refractivity contribution in [3.05, 3.63) is 46.9 Å². The number of benzene rings is 1. The highest BCUT2D eigenvalue weighted by molar-refractivity contribution is 5.69. The molecule has 0 radical (unpaired) electrons. The minimum atomic E-state index is -0.178. The van der Waals surface area contributed by atoms with Crippen molar-refractivity contribution in [2.45, 2.75) is 38.0 Å². The van der Waals surface area contributed by atoms with E-state index in [1.54, 1.807) is 20.1 Å². The summed E-state index contributed by atoms with van der Waals surface area (Å²) in [5.41, 5.74) is 5.21. The normalized spacial score (nSPS) is 21.8. The maximum Gasteiger partial charge on any atom is 0.216 e. The van der Waals surface area contributed by atoms with Crippen LogP contribution in [0.2, 0.25) is 0 Å². The van der Waals surface area contributed by atoms with Gasteiger partial charge >= 0.3 is 0 Å². The molecule has 1 fully saturated rings. The maximum absolute atomic E-state index is 13.4. The van der Waals surface area contributed by atoms with Crippen molar-refractivity contribution >= 4 is 11.4 Å². The first-order valence-electron chi connectivity index (χ1n) is 7.77. The lowest BCUT2D eigenvalue weighted by atomic mass is 9.91. The third-order valence-corrected chi connectivity index (χ3v) is 5.00. The Hall–Kier alpha value is -2.10. The van der Waals surface area contributed by atoms with Crippen molar-refractivity contribution in [3.63, 3.8) is 0 Å². The molecule has 2 aliphatic rings. The molecular weight excluding hydrogens is 279 g/mol. The number of fused-ring (bicyclic) bond motifs is 5. The van der Waals surface area contributed by atoms with E-state index >= 15 is 0 Å². The maximum atomic E-state index is 13.4. The quantitative estimate of drug-likeness (QED) is 0.896.